The van der Waals surface area contributed by atoms with Gasteiger partial charge in [0, 0.05) is 11.3 Å². The first-order valence-electron chi connectivity index (χ1n) is 7.28. The maximum Gasteiger partial charge on any atom is 0.241 e. The van der Waals surface area contributed by atoms with Crippen LogP contribution in [0.1, 0.15) is 37.3 Å². The fraction of sp³-hybridized carbons (Fsp3) is 0.600. The summed E-state index contributed by atoms with van der Waals surface area (Å²) in [5.41, 5.74) is 1.42. The van der Waals surface area contributed by atoms with Crippen LogP contribution in [0.4, 0.5) is 0 Å². The molecule has 2 atom stereocenters. The van der Waals surface area contributed by atoms with Gasteiger partial charge >= 0.3 is 0 Å². The molecule has 0 saturated heterocycles. The van der Waals surface area contributed by atoms with Crippen molar-refractivity contribution in [3.63, 3.8) is 0 Å². The summed E-state index contributed by atoms with van der Waals surface area (Å²) in [6.45, 7) is 1.79. The molecule has 2 rings (SSSR count). The third-order valence-electron chi connectivity index (χ3n) is 4.02. The van der Waals surface area contributed by atoms with Crippen LogP contribution in [0, 0.1) is 0 Å². The molecule has 0 radical (unpaired) electrons. The molecular weight excluding hydrogens is 306 g/mol. The van der Waals surface area contributed by atoms with Gasteiger partial charge in [0.25, 0.3) is 0 Å². The number of aliphatic hydroxyl groups is 1. The molecule has 0 heterocycles. The fourth-order valence-corrected chi connectivity index (χ4v) is 5.22. The van der Waals surface area contributed by atoms with E-state index in [2.05, 4.69) is 11.0 Å². The van der Waals surface area contributed by atoms with Gasteiger partial charge < -0.3 is 5.11 Å². The topological polar surface area (TPSA) is 66.4 Å². The molecule has 0 spiro atoms. The minimum atomic E-state index is -3.52. The highest BCUT2D eigenvalue weighted by atomic mass is 32.2. The van der Waals surface area contributed by atoms with Crippen molar-refractivity contribution in [2.75, 3.05) is 6.26 Å². The van der Waals surface area contributed by atoms with Crippen molar-refractivity contribution in [2.45, 2.75) is 55.4 Å². The van der Waals surface area contributed by atoms with Gasteiger partial charge in [-0.25, -0.2) is 13.1 Å². The highest BCUT2D eigenvalue weighted by Crippen LogP contribution is 2.29. The largest absolute Gasteiger partial charge is 0.392 e. The summed E-state index contributed by atoms with van der Waals surface area (Å²) in [4.78, 5) is 0.309. The lowest BCUT2D eigenvalue weighted by Crippen LogP contribution is -2.33. The molecule has 0 bridgehead atoms. The Labute approximate surface area is 131 Å². The third kappa shape index (κ3) is 4.00. The summed E-state index contributed by atoms with van der Waals surface area (Å²) in [6.07, 6.45) is 5.57. The molecule has 21 heavy (non-hydrogen) atoms. The Bertz CT molecular complexity index is 587. The molecule has 0 aliphatic heterocycles. The second-order valence-corrected chi connectivity index (χ2v) is 8.26. The number of thioether (sulfide) groups is 1. The molecule has 1 aromatic carbocycles. The van der Waals surface area contributed by atoms with E-state index < -0.39 is 10.0 Å². The Morgan fingerprint density at radius 3 is 2.71 bits per heavy atom. The van der Waals surface area contributed by atoms with Gasteiger partial charge in [-0.2, -0.15) is 11.8 Å². The summed E-state index contributed by atoms with van der Waals surface area (Å²) in [5.74, 6) is 0. The van der Waals surface area contributed by atoms with Crippen LogP contribution in [0.25, 0.3) is 0 Å². The Balaban J connectivity index is 2.23. The predicted molar refractivity (Wildman–Crippen MR) is 87.0 cm³/mol. The Morgan fingerprint density at radius 1 is 1.38 bits per heavy atom. The first-order valence-corrected chi connectivity index (χ1v) is 10.0. The fourth-order valence-electron chi connectivity index (χ4n) is 2.78. The third-order valence-corrected chi connectivity index (χ3v) is 6.72. The smallest absolute Gasteiger partial charge is 0.241 e. The van der Waals surface area contributed by atoms with Crippen LogP contribution in [0.15, 0.2) is 23.1 Å². The molecule has 1 saturated carbocycles. The van der Waals surface area contributed by atoms with Crippen LogP contribution in [0.3, 0.4) is 0 Å². The first-order chi connectivity index (χ1) is 10.00. The van der Waals surface area contributed by atoms with Crippen LogP contribution in [0.2, 0.25) is 0 Å². The molecule has 1 aromatic rings. The Hall–Kier alpha value is -0.560. The summed E-state index contributed by atoms with van der Waals surface area (Å²) >= 11 is 1.80. The Kier molecular flexibility index (Phi) is 5.71. The van der Waals surface area contributed by atoms with Crippen molar-refractivity contribution in [1.82, 2.24) is 4.72 Å². The van der Waals surface area contributed by atoms with E-state index in [1.54, 1.807) is 30.0 Å². The highest BCUT2D eigenvalue weighted by Gasteiger charge is 2.29. The second-order valence-electron chi connectivity index (χ2n) is 5.44. The number of nitrogens with one attached hydrogen (secondary N) is 1. The average molecular weight is 329 g/mol. The summed E-state index contributed by atoms with van der Waals surface area (Å²) in [6, 6.07) is 5.17. The molecule has 1 fully saturated rings. The van der Waals surface area contributed by atoms with E-state index >= 15 is 0 Å². The zero-order valence-electron chi connectivity index (χ0n) is 12.5. The molecule has 2 unspecified atom stereocenters. The zero-order chi connectivity index (χ0) is 15.5. The van der Waals surface area contributed by atoms with Crippen LogP contribution < -0.4 is 4.72 Å². The number of hydrogen-bond acceptors (Lipinski definition) is 4. The lowest BCUT2D eigenvalue weighted by Gasteiger charge is -2.16. The van der Waals surface area contributed by atoms with E-state index in [9.17, 15) is 13.5 Å². The molecule has 0 amide bonds. The van der Waals surface area contributed by atoms with Gasteiger partial charge in [-0.15, -0.1) is 0 Å². The van der Waals surface area contributed by atoms with Gasteiger partial charge in [0.15, 0.2) is 0 Å². The number of hydrogen-bond donors (Lipinski definition) is 2. The summed E-state index contributed by atoms with van der Waals surface area (Å²) < 4.78 is 28.1. The monoisotopic (exact) mass is 329 g/mol. The lowest BCUT2D eigenvalue weighted by molar-refractivity contribution is 0.281. The van der Waals surface area contributed by atoms with Gasteiger partial charge in [-0.3, -0.25) is 0 Å². The standard InChI is InChI=1S/C15H23NO3S2/c1-3-12-5-4-11(10-17)8-15(12)21(18,19)16-13-6-7-14(9-13)20-2/h4-5,8,13-14,16-17H,3,6-7,9-10H2,1-2H3. The average Bonchev–Trinajstić information content (AvgIpc) is 2.93. The van der Waals surface area contributed by atoms with E-state index in [1.807, 2.05) is 6.92 Å². The molecule has 118 valence electrons. The van der Waals surface area contributed by atoms with E-state index in [0.717, 1.165) is 24.8 Å². The van der Waals surface area contributed by atoms with Crippen molar-refractivity contribution in [2.24, 2.45) is 0 Å². The maximum absolute atomic E-state index is 12.6. The highest BCUT2D eigenvalue weighted by molar-refractivity contribution is 7.99. The van der Waals surface area contributed by atoms with Gasteiger partial charge in [-0.1, -0.05) is 19.1 Å². The van der Waals surface area contributed by atoms with Gasteiger partial charge in [-0.05, 0) is 49.1 Å². The minimum absolute atomic E-state index is 0.0231. The van der Waals surface area contributed by atoms with E-state index in [1.165, 1.54) is 0 Å². The van der Waals surface area contributed by atoms with Crippen molar-refractivity contribution >= 4 is 21.8 Å². The van der Waals surface area contributed by atoms with Crippen molar-refractivity contribution in [3.05, 3.63) is 29.3 Å². The lowest BCUT2D eigenvalue weighted by atomic mass is 10.1. The molecular formula is C15H23NO3S2. The molecule has 4 nitrogen and oxygen atoms in total. The predicted octanol–water partition coefficient (Wildman–Crippen LogP) is 2.30. The van der Waals surface area contributed by atoms with E-state index in [0.29, 0.717) is 22.1 Å². The van der Waals surface area contributed by atoms with Crippen LogP contribution in [-0.4, -0.2) is 31.1 Å². The van der Waals surface area contributed by atoms with Crippen LogP contribution >= 0.6 is 11.8 Å². The molecule has 0 aromatic heterocycles. The van der Waals surface area contributed by atoms with E-state index in [-0.39, 0.29) is 12.6 Å². The quantitative estimate of drug-likeness (QED) is 0.840. The first kappa shape index (κ1) is 16.8. The molecule has 1 aliphatic rings. The molecule has 6 heteroatoms. The second kappa shape index (κ2) is 7.13. The molecule has 1 aliphatic carbocycles. The Morgan fingerprint density at radius 2 is 2.14 bits per heavy atom. The SMILES string of the molecule is CCc1ccc(CO)cc1S(=O)(=O)NC1CCC(SC)C1. The normalized spacial score (nSPS) is 22.6. The maximum atomic E-state index is 12.6. The number of sulfonamides is 1. The van der Waals surface area contributed by atoms with Crippen molar-refractivity contribution in [3.8, 4) is 0 Å². The number of aryl methyl sites for hydroxylation is 1. The number of benzene rings is 1. The minimum Gasteiger partial charge on any atom is -0.392 e. The zero-order valence-corrected chi connectivity index (χ0v) is 14.1. The van der Waals surface area contributed by atoms with Gasteiger partial charge in [0.1, 0.15) is 0 Å². The number of rotatable bonds is 6. The van der Waals surface area contributed by atoms with Crippen LogP contribution in [-0.2, 0) is 23.1 Å². The molecule has 2 N–H and O–H groups in total. The van der Waals surface area contributed by atoms with Crippen molar-refractivity contribution < 1.29 is 13.5 Å². The summed E-state index contributed by atoms with van der Waals surface area (Å²) in [5, 5.41) is 9.77. The van der Waals surface area contributed by atoms with Gasteiger partial charge in [0.2, 0.25) is 10.0 Å². The summed E-state index contributed by atoms with van der Waals surface area (Å²) in [7, 11) is -3.52. The van der Waals surface area contributed by atoms with Gasteiger partial charge in [0.05, 0.1) is 11.5 Å². The van der Waals surface area contributed by atoms with Crippen LogP contribution in [0.5, 0.6) is 0 Å². The van der Waals surface area contributed by atoms with E-state index in [4.69, 9.17) is 0 Å². The number of aliphatic hydroxyl groups excluding tert-OH is 1. The van der Waals surface area contributed by atoms with Crippen molar-refractivity contribution in [1.29, 1.82) is 0 Å².